The summed E-state index contributed by atoms with van der Waals surface area (Å²) in [5.74, 6) is 0. The van der Waals surface area contributed by atoms with Gasteiger partial charge in [-0.1, -0.05) is 13.8 Å². The Kier molecular flexibility index (Phi) is 5.33. The van der Waals surface area contributed by atoms with Gasteiger partial charge < -0.3 is 10.5 Å². The molecule has 0 unspecified atom stereocenters. The molecule has 0 atom stereocenters. The molecular weight excluding hydrogens is 182 g/mol. The largest absolute Gasteiger partial charge is 0.374 e. The van der Waals surface area contributed by atoms with Crippen LogP contribution in [0.25, 0.3) is 0 Å². The van der Waals surface area contributed by atoms with Gasteiger partial charge in [-0.2, -0.15) is 11.8 Å². The lowest BCUT2D eigenvalue weighted by Crippen LogP contribution is -2.35. The Morgan fingerprint density at radius 2 is 1.77 bits per heavy atom. The third kappa shape index (κ3) is 6.36. The Morgan fingerprint density at radius 1 is 1.23 bits per heavy atom. The first-order valence-electron chi connectivity index (χ1n) is 4.72. The van der Waals surface area contributed by atoms with Crippen molar-refractivity contribution in [1.82, 2.24) is 0 Å². The summed E-state index contributed by atoms with van der Waals surface area (Å²) in [6.07, 6.45) is 3.20. The number of rotatable bonds is 6. The van der Waals surface area contributed by atoms with Crippen LogP contribution >= 0.6 is 11.8 Å². The molecule has 0 bridgehead atoms. The summed E-state index contributed by atoms with van der Waals surface area (Å²) in [6.45, 7) is 9.88. The van der Waals surface area contributed by atoms with Crippen molar-refractivity contribution in [2.75, 3.05) is 19.4 Å². The fourth-order valence-electron chi connectivity index (χ4n) is 0.734. The van der Waals surface area contributed by atoms with Crippen molar-refractivity contribution in [1.29, 1.82) is 0 Å². The molecule has 0 aliphatic heterocycles. The molecule has 0 radical (unpaired) electrons. The fourth-order valence-corrected chi connectivity index (χ4v) is 1.02. The van der Waals surface area contributed by atoms with Crippen molar-refractivity contribution in [3.8, 4) is 0 Å². The second kappa shape index (κ2) is 5.23. The van der Waals surface area contributed by atoms with Crippen molar-refractivity contribution in [3.05, 3.63) is 0 Å². The monoisotopic (exact) mass is 205 g/mol. The molecule has 0 saturated carbocycles. The zero-order valence-corrected chi connectivity index (χ0v) is 10.3. The van der Waals surface area contributed by atoms with Gasteiger partial charge >= 0.3 is 0 Å². The average Bonchev–Trinajstić information content (AvgIpc) is 2.04. The summed E-state index contributed by atoms with van der Waals surface area (Å²) in [7, 11) is 0. The Bertz CT molecular complexity index is 130. The number of thioether (sulfide) groups is 1. The van der Waals surface area contributed by atoms with Gasteiger partial charge in [-0.15, -0.1) is 0 Å². The van der Waals surface area contributed by atoms with Crippen molar-refractivity contribution in [2.45, 2.75) is 44.5 Å². The van der Waals surface area contributed by atoms with Gasteiger partial charge in [0.25, 0.3) is 0 Å². The van der Waals surface area contributed by atoms with Crippen LogP contribution in [0.2, 0.25) is 0 Å². The van der Waals surface area contributed by atoms with E-state index in [2.05, 4.69) is 20.1 Å². The van der Waals surface area contributed by atoms with Gasteiger partial charge in [0.15, 0.2) is 0 Å². The molecule has 0 fully saturated rings. The molecule has 0 spiro atoms. The third-order valence-corrected chi connectivity index (χ3v) is 3.55. The molecule has 0 rings (SSSR count). The van der Waals surface area contributed by atoms with E-state index in [4.69, 9.17) is 10.5 Å². The predicted molar refractivity (Wildman–Crippen MR) is 61.3 cm³/mol. The van der Waals surface area contributed by atoms with Crippen molar-refractivity contribution >= 4 is 11.8 Å². The summed E-state index contributed by atoms with van der Waals surface area (Å²) >= 11 is 1.87. The van der Waals surface area contributed by atoms with E-state index in [1.165, 1.54) is 0 Å². The summed E-state index contributed by atoms with van der Waals surface area (Å²) in [5.41, 5.74) is 5.39. The van der Waals surface area contributed by atoms with Crippen LogP contribution in [0, 0.1) is 0 Å². The standard InChI is InChI=1S/C10H23NOS/c1-9(2,8-11)12-7-6-10(3,4)13-5/h6-8,11H2,1-5H3. The molecule has 2 nitrogen and oxygen atoms in total. The maximum absolute atomic E-state index is 5.68. The van der Waals surface area contributed by atoms with E-state index in [0.29, 0.717) is 11.3 Å². The molecule has 0 aromatic rings. The van der Waals surface area contributed by atoms with Crippen LogP contribution in [0.3, 0.4) is 0 Å². The van der Waals surface area contributed by atoms with Crippen molar-refractivity contribution in [2.24, 2.45) is 5.73 Å². The molecule has 0 aliphatic rings. The predicted octanol–water partition coefficient (Wildman–Crippen LogP) is 2.27. The van der Waals surface area contributed by atoms with Gasteiger partial charge in [-0.25, -0.2) is 0 Å². The maximum atomic E-state index is 5.68. The molecule has 0 aromatic heterocycles. The van der Waals surface area contributed by atoms with Gasteiger partial charge in [0, 0.05) is 17.9 Å². The molecule has 0 amide bonds. The molecule has 2 N–H and O–H groups in total. The Labute approximate surface area is 86.6 Å². The van der Waals surface area contributed by atoms with E-state index in [1.807, 2.05) is 25.6 Å². The first-order valence-corrected chi connectivity index (χ1v) is 5.95. The molecule has 80 valence electrons. The number of hydrogen-bond donors (Lipinski definition) is 1. The molecular formula is C10H23NOS. The normalized spacial score (nSPS) is 13.4. The summed E-state index contributed by atoms with van der Waals surface area (Å²) < 4.78 is 5.99. The fraction of sp³-hybridized carbons (Fsp3) is 1.00. The lowest BCUT2D eigenvalue weighted by atomic mass is 10.1. The number of ether oxygens (including phenoxy) is 1. The minimum absolute atomic E-state index is 0.172. The smallest absolute Gasteiger partial charge is 0.0748 e. The minimum Gasteiger partial charge on any atom is -0.374 e. The number of nitrogens with two attached hydrogens (primary N) is 1. The average molecular weight is 205 g/mol. The topological polar surface area (TPSA) is 35.2 Å². The molecule has 0 aliphatic carbocycles. The van der Waals surface area contributed by atoms with Crippen molar-refractivity contribution in [3.63, 3.8) is 0 Å². The Morgan fingerprint density at radius 3 is 2.15 bits per heavy atom. The van der Waals surface area contributed by atoms with Gasteiger partial charge in [0.05, 0.1) is 5.60 Å². The first kappa shape index (κ1) is 13.3. The third-order valence-electron chi connectivity index (χ3n) is 2.24. The van der Waals surface area contributed by atoms with Gasteiger partial charge in [-0.05, 0) is 26.5 Å². The number of hydrogen-bond acceptors (Lipinski definition) is 3. The van der Waals surface area contributed by atoms with E-state index in [1.54, 1.807) is 0 Å². The quantitative estimate of drug-likeness (QED) is 0.722. The van der Waals surface area contributed by atoms with Crippen molar-refractivity contribution < 1.29 is 4.74 Å². The summed E-state index contributed by atoms with van der Waals surface area (Å²) in [5, 5.41) is 0. The van der Waals surface area contributed by atoms with E-state index in [0.717, 1.165) is 13.0 Å². The second-order valence-corrected chi connectivity index (χ2v) is 6.04. The van der Waals surface area contributed by atoms with Crippen LogP contribution in [-0.2, 0) is 4.74 Å². The zero-order valence-electron chi connectivity index (χ0n) is 9.52. The van der Waals surface area contributed by atoms with Gasteiger partial charge in [0.2, 0.25) is 0 Å². The Balaban J connectivity index is 3.68. The minimum atomic E-state index is -0.172. The van der Waals surface area contributed by atoms with Crippen LogP contribution in [-0.4, -0.2) is 29.8 Å². The molecule has 3 heteroatoms. The summed E-state index contributed by atoms with van der Waals surface area (Å²) in [4.78, 5) is 0. The van der Waals surface area contributed by atoms with E-state index >= 15 is 0 Å². The summed E-state index contributed by atoms with van der Waals surface area (Å²) in [6, 6.07) is 0. The van der Waals surface area contributed by atoms with E-state index < -0.39 is 0 Å². The Hall–Kier alpha value is 0.270. The van der Waals surface area contributed by atoms with Gasteiger partial charge in [0.1, 0.15) is 0 Å². The van der Waals surface area contributed by atoms with Gasteiger partial charge in [-0.3, -0.25) is 0 Å². The highest BCUT2D eigenvalue weighted by Crippen LogP contribution is 2.25. The highest BCUT2D eigenvalue weighted by molar-refractivity contribution is 7.99. The molecule has 0 heterocycles. The van der Waals surface area contributed by atoms with Crippen LogP contribution in [0.1, 0.15) is 34.1 Å². The molecule has 0 saturated heterocycles. The first-order chi connectivity index (χ1) is 5.83. The lowest BCUT2D eigenvalue weighted by molar-refractivity contribution is -0.0135. The SMILES string of the molecule is CSC(C)(C)CCOC(C)(C)CN. The van der Waals surface area contributed by atoms with Crippen LogP contribution in [0.15, 0.2) is 0 Å². The lowest BCUT2D eigenvalue weighted by Gasteiger charge is -2.27. The van der Waals surface area contributed by atoms with Crippen LogP contribution < -0.4 is 5.73 Å². The maximum Gasteiger partial charge on any atom is 0.0748 e. The van der Waals surface area contributed by atoms with E-state index in [-0.39, 0.29) is 5.60 Å². The highest BCUT2D eigenvalue weighted by Gasteiger charge is 2.19. The highest BCUT2D eigenvalue weighted by atomic mass is 32.2. The molecule has 13 heavy (non-hydrogen) atoms. The van der Waals surface area contributed by atoms with Crippen LogP contribution in [0.5, 0.6) is 0 Å². The van der Waals surface area contributed by atoms with Crippen LogP contribution in [0.4, 0.5) is 0 Å². The second-order valence-electron chi connectivity index (χ2n) is 4.53. The molecule has 0 aromatic carbocycles. The zero-order chi connectivity index (χ0) is 10.5. The van der Waals surface area contributed by atoms with E-state index in [9.17, 15) is 0 Å².